The van der Waals surface area contributed by atoms with Crippen LogP contribution < -0.4 is 11.1 Å². The Labute approximate surface area is 180 Å². The van der Waals surface area contributed by atoms with Gasteiger partial charge in [0, 0.05) is 40.7 Å². The van der Waals surface area contributed by atoms with Crippen LogP contribution in [0.25, 0.3) is 16.6 Å². The Bertz CT molecular complexity index is 1320. The van der Waals surface area contributed by atoms with Gasteiger partial charge in [-0.2, -0.15) is 0 Å². The van der Waals surface area contributed by atoms with Gasteiger partial charge in [-0.05, 0) is 50.1 Å². The fourth-order valence-electron chi connectivity index (χ4n) is 4.60. The molecule has 0 radical (unpaired) electrons. The van der Waals surface area contributed by atoms with E-state index in [1.54, 1.807) is 6.20 Å². The number of nitrogens with two attached hydrogens (primary N) is 1. The van der Waals surface area contributed by atoms with Gasteiger partial charge in [-0.25, -0.2) is 4.98 Å². The second-order valence-corrected chi connectivity index (χ2v) is 8.23. The van der Waals surface area contributed by atoms with Crippen LogP contribution in [-0.2, 0) is 0 Å². The minimum Gasteiger partial charge on any atom is -0.404 e. The number of terminal acetylenes is 1. The number of carbonyl (C=O) groups is 1. The Morgan fingerprint density at radius 1 is 1.39 bits per heavy atom. The lowest BCUT2D eigenvalue weighted by atomic mass is 9.93. The molecule has 0 aliphatic carbocycles. The molecule has 3 heterocycles. The van der Waals surface area contributed by atoms with Crippen molar-refractivity contribution in [3.05, 3.63) is 70.7 Å². The summed E-state index contributed by atoms with van der Waals surface area (Å²) in [6.07, 6.45) is 9.92. The summed E-state index contributed by atoms with van der Waals surface area (Å²) in [5.41, 5.74) is 11.9. The van der Waals surface area contributed by atoms with Crippen molar-refractivity contribution in [3.63, 3.8) is 0 Å². The van der Waals surface area contributed by atoms with Crippen LogP contribution in [0.1, 0.15) is 65.2 Å². The van der Waals surface area contributed by atoms with Gasteiger partial charge in [-0.15, -0.1) is 6.42 Å². The monoisotopic (exact) mass is 409 g/mol. The Hall–Kier alpha value is -3.85. The molecule has 6 nitrogen and oxygen atoms in total. The maximum atomic E-state index is 12.8. The molecule has 2 atom stereocenters. The quantitative estimate of drug-likeness (QED) is 0.512. The summed E-state index contributed by atoms with van der Waals surface area (Å²) >= 11 is 0. The average Bonchev–Trinajstić information content (AvgIpc) is 3.25. The van der Waals surface area contributed by atoms with Crippen LogP contribution in [0, 0.1) is 12.3 Å². The predicted octanol–water partition coefficient (Wildman–Crippen LogP) is 3.57. The topological polar surface area (TPSA) is 85.3 Å². The number of amides is 1. The summed E-state index contributed by atoms with van der Waals surface area (Å²) < 4.78 is 2.22. The molecule has 3 aromatic rings. The molecule has 2 bridgehead atoms. The van der Waals surface area contributed by atoms with Crippen molar-refractivity contribution < 1.29 is 4.79 Å². The number of nitrogens with one attached hydrogen (secondary N) is 1. The van der Waals surface area contributed by atoms with Gasteiger partial charge in [-0.3, -0.25) is 9.79 Å². The predicted molar refractivity (Wildman–Crippen MR) is 123 cm³/mol. The van der Waals surface area contributed by atoms with Gasteiger partial charge >= 0.3 is 0 Å². The number of hydrogen-bond acceptors (Lipinski definition) is 4. The third-order valence-corrected chi connectivity index (χ3v) is 5.97. The average molecular weight is 409 g/mol. The molecule has 0 saturated carbocycles. The summed E-state index contributed by atoms with van der Waals surface area (Å²) in [5.74, 6) is 3.52. The molecule has 2 aromatic carbocycles. The van der Waals surface area contributed by atoms with Crippen molar-refractivity contribution in [1.29, 1.82) is 0 Å². The largest absolute Gasteiger partial charge is 0.404 e. The fourth-order valence-corrected chi connectivity index (χ4v) is 4.60. The van der Waals surface area contributed by atoms with Gasteiger partial charge in [-0.1, -0.05) is 18.1 Å². The molecule has 0 fully saturated rings. The molecular weight excluding hydrogens is 386 g/mol. The molecule has 5 rings (SSSR count). The normalized spacial score (nSPS) is 19.9. The van der Waals surface area contributed by atoms with E-state index < -0.39 is 0 Å². The lowest BCUT2D eigenvalue weighted by Crippen LogP contribution is -2.28. The minimum absolute atomic E-state index is 0.0592. The highest BCUT2D eigenvalue weighted by atomic mass is 16.1. The number of hydrogen-bond donors (Lipinski definition) is 2. The van der Waals surface area contributed by atoms with Gasteiger partial charge in [0.25, 0.3) is 5.91 Å². The zero-order valence-corrected chi connectivity index (χ0v) is 17.5. The van der Waals surface area contributed by atoms with Crippen molar-refractivity contribution in [1.82, 2.24) is 14.9 Å². The highest BCUT2D eigenvalue weighted by molar-refractivity contribution is 6.10. The molecule has 6 heteroatoms. The zero-order valence-electron chi connectivity index (χ0n) is 17.5. The standard InChI is InChI=1S/C25H23N5O/c1-4-15-6-5-7-18-23(15)22-11-20(29-25(18)31)24-28-19-9-8-16(10-21(19)30(22)24)17(12-26)13-27-14(2)3/h1,5-10,12-14,20,22H,11,26H2,2-3H3,(H,29,31)/b17-12+,27-13?/t20-,22-/m1/s1. The van der Waals surface area contributed by atoms with Crippen LogP contribution in [0.2, 0.25) is 0 Å². The van der Waals surface area contributed by atoms with Crippen LogP contribution in [0.5, 0.6) is 0 Å². The van der Waals surface area contributed by atoms with E-state index in [4.69, 9.17) is 17.1 Å². The number of rotatable bonds is 3. The van der Waals surface area contributed by atoms with Crippen LogP contribution in [0.3, 0.4) is 0 Å². The molecule has 154 valence electrons. The SMILES string of the molecule is C#Cc1cccc2c1[C@H]1C[C@@H](NC2=O)c2nc3ccc(/C(C=NC(C)C)=C/N)cc3n21. The van der Waals surface area contributed by atoms with Crippen molar-refractivity contribution in [3.8, 4) is 12.3 Å². The lowest BCUT2D eigenvalue weighted by molar-refractivity contribution is 0.0938. The molecular formula is C25H23N5O. The fraction of sp³-hybridized carbons (Fsp3) is 0.240. The smallest absolute Gasteiger partial charge is 0.252 e. The maximum absolute atomic E-state index is 12.8. The summed E-state index contributed by atoms with van der Waals surface area (Å²) in [7, 11) is 0. The van der Waals surface area contributed by atoms with Crippen molar-refractivity contribution in [2.24, 2.45) is 10.7 Å². The first-order chi connectivity index (χ1) is 15.0. The van der Waals surface area contributed by atoms with Crippen molar-refractivity contribution >= 4 is 28.7 Å². The van der Waals surface area contributed by atoms with Crippen LogP contribution in [0.15, 0.2) is 47.6 Å². The van der Waals surface area contributed by atoms with Crippen LogP contribution in [0.4, 0.5) is 0 Å². The molecule has 31 heavy (non-hydrogen) atoms. The Morgan fingerprint density at radius 3 is 2.97 bits per heavy atom. The van der Waals surface area contributed by atoms with Gasteiger partial charge in [0.05, 0.1) is 23.1 Å². The lowest BCUT2D eigenvalue weighted by Gasteiger charge is -2.19. The Balaban J connectivity index is 1.71. The first-order valence-corrected chi connectivity index (χ1v) is 10.4. The first-order valence-electron chi connectivity index (χ1n) is 10.4. The van der Waals surface area contributed by atoms with E-state index in [2.05, 4.69) is 26.9 Å². The molecule has 2 aliphatic rings. The van der Waals surface area contributed by atoms with Crippen molar-refractivity contribution in [2.45, 2.75) is 38.4 Å². The molecule has 0 saturated heterocycles. The van der Waals surface area contributed by atoms with E-state index in [0.717, 1.165) is 45.5 Å². The van der Waals surface area contributed by atoms with Gasteiger partial charge in [0.1, 0.15) is 5.82 Å². The second-order valence-electron chi connectivity index (χ2n) is 8.23. The summed E-state index contributed by atoms with van der Waals surface area (Å²) in [5, 5.41) is 3.13. The highest BCUT2D eigenvalue weighted by Gasteiger charge is 2.41. The second kappa shape index (κ2) is 7.13. The Morgan fingerprint density at radius 2 is 2.23 bits per heavy atom. The molecule has 3 N–H and O–H groups in total. The number of nitrogens with zero attached hydrogens (tertiary/aromatic N) is 3. The number of imidazole rings is 1. The molecule has 2 aliphatic heterocycles. The minimum atomic E-state index is -0.154. The molecule has 0 unspecified atom stereocenters. The van der Waals surface area contributed by atoms with Crippen LogP contribution in [-0.4, -0.2) is 27.7 Å². The highest BCUT2D eigenvalue weighted by Crippen LogP contribution is 2.45. The zero-order chi connectivity index (χ0) is 21.7. The van der Waals surface area contributed by atoms with Gasteiger partial charge in [0.15, 0.2) is 0 Å². The van der Waals surface area contributed by atoms with Crippen LogP contribution >= 0.6 is 0 Å². The van der Waals surface area contributed by atoms with Gasteiger partial charge in [0.2, 0.25) is 0 Å². The number of benzene rings is 2. The van der Waals surface area contributed by atoms with E-state index in [1.165, 1.54) is 0 Å². The molecule has 1 aromatic heterocycles. The third kappa shape index (κ3) is 2.93. The third-order valence-electron chi connectivity index (χ3n) is 5.97. The summed E-state index contributed by atoms with van der Waals surface area (Å²) in [6, 6.07) is 11.6. The number of carbonyl (C=O) groups excluding carboxylic acids is 1. The van der Waals surface area contributed by atoms with Crippen molar-refractivity contribution in [2.75, 3.05) is 0 Å². The van der Waals surface area contributed by atoms with E-state index in [-0.39, 0.29) is 24.0 Å². The summed E-state index contributed by atoms with van der Waals surface area (Å²) in [6.45, 7) is 4.05. The van der Waals surface area contributed by atoms with E-state index in [0.29, 0.717) is 5.56 Å². The maximum Gasteiger partial charge on any atom is 0.252 e. The number of fused-ring (bicyclic) bond motifs is 9. The number of allylic oxidation sites excluding steroid dienone is 1. The van der Waals surface area contributed by atoms with E-state index in [9.17, 15) is 4.79 Å². The van der Waals surface area contributed by atoms with E-state index in [1.807, 2.05) is 50.4 Å². The first kappa shape index (κ1) is 19.1. The molecule has 1 amide bonds. The van der Waals surface area contributed by atoms with E-state index >= 15 is 0 Å². The number of aromatic nitrogens is 2. The number of aliphatic imine (C=N–C) groups is 1. The summed E-state index contributed by atoms with van der Waals surface area (Å²) in [4.78, 5) is 22.2. The Kier molecular flexibility index (Phi) is 4.40. The van der Waals surface area contributed by atoms with Gasteiger partial charge < -0.3 is 15.6 Å². The molecule has 0 spiro atoms.